The molecule has 15 heavy (non-hydrogen) atoms. The van der Waals surface area contributed by atoms with Gasteiger partial charge in [0.05, 0.1) is 6.42 Å². The molecule has 0 aliphatic rings. The summed E-state index contributed by atoms with van der Waals surface area (Å²) >= 11 is 5.98. The van der Waals surface area contributed by atoms with Crippen molar-refractivity contribution in [1.29, 1.82) is 0 Å². The predicted octanol–water partition coefficient (Wildman–Crippen LogP) is 3.17. The van der Waals surface area contributed by atoms with Crippen LogP contribution < -0.4 is 0 Å². The summed E-state index contributed by atoms with van der Waals surface area (Å²) in [5.74, 6) is -1.09. The molecule has 1 heterocycles. The Hall–Kier alpha value is -0.560. The first-order valence-electron chi connectivity index (χ1n) is 3.76. The lowest BCUT2D eigenvalue weighted by Crippen LogP contribution is -2.05. The topological polar surface area (TPSA) is 50.2 Å². The van der Waals surface area contributed by atoms with Crippen molar-refractivity contribution in [2.24, 2.45) is 0 Å². The Bertz CT molecular complexity index is 398. The van der Waals surface area contributed by atoms with Crippen LogP contribution in [-0.4, -0.2) is 16.1 Å². The molecule has 0 aliphatic carbocycles. The summed E-state index contributed by atoms with van der Waals surface area (Å²) in [5, 5.41) is 8.60. The van der Waals surface area contributed by atoms with Gasteiger partial charge in [0.2, 0.25) is 0 Å². The number of aliphatic carboxylic acids is 1. The Morgan fingerprint density at radius 1 is 1.53 bits per heavy atom. The number of hydrogen-bond donors (Lipinski definition) is 1. The van der Waals surface area contributed by atoms with Crippen LogP contribution in [0.5, 0.6) is 0 Å². The molecule has 3 nitrogen and oxygen atoms in total. The molecule has 1 rings (SSSR count). The van der Waals surface area contributed by atoms with Crippen LogP contribution in [0, 0.1) is 0 Å². The van der Waals surface area contributed by atoms with Crippen LogP contribution in [0.4, 0.5) is 8.78 Å². The van der Waals surface area contributed by atoms with Gasteiger partial charge in [-0.25, -0.2) is 8.78 Å². The molecule has 0 unspecified atom stereocenters. The van der Waals surface area contributed by atoms with Crippen LogP contribution in [0.3, 0.4) is 0 Å². The van der Waals surface area contributed by atoms with Crippen molar-refractivity contribution >= 4 is 37.8 Å². The van der Waals surface area contributed by atoms with E-state index >= 15 is 0 Å². The molecule has 82 valence electrons. The molecule has 1 N–H and O–H groups in total. The number of hydrogen-bond acceptors (Lipinski definition) is 2. The van der Waals surface area contributed by atoms with E-state index in [9.17, 15) is 13.6 Å². The van der Waals surface area contributed by atoms with E-state index in [4.69, 9.17) is 5.11 Å². The van der Waals surface area contributed by atoms with E-state index < -0.39 is 18.1 Å². The van der Waals surface area contributed by atoms with Crippen LogP contribution in [0.25, 0.3) is 0 Å². The number of alkyl halides is 2. The van der Waals surface area contributed by atoms with Crippen molar-refractivity contribution in [1.82, 2.24) is 4.98 Å². The van der Waals surface area contributed by atoms with Gasteiger partial charge >= 0.3 is 5.97 Å². The molecule has 7 heteroatoms. The molecule has 0 aromatic carbocycles. The zero-order valence-corrected chi connectivity index (χ0v) is 10.3. The first-order chi connectivity index (χ1) is 6.93. The number of carboxylic acid groups (broad SMARTS) is 1. The van der Waals surface area contributed by atoms with Gasteiger partial charge in [0, 0.05) is 15.1 Å². The molecular formula is C8H5Br2F2NO2. The summed E-state index contributed by atoms with van der Waals surface area (Å²) in [6.07, 6.45) is -1.91. The molecule has 0 saturated carbocycles. The van der Waals surface area contributed by atoms with Crippen LogP contribution in [0.15, 0.2) is 15.1 Å². The van der Waals surface area contributed by atoms with Gasteiger partial charge in [0.1, 0.15) is 5.69 Å². The fourth-order valence-corrected chi connectivity index (χ4v) is 2.32. The highest BCUT2D eigenvalue weighted by molar-refractivity contribution is 9.11. The van der Waals surface area contributed by atoms with Gasteiger partial charge in [-0.15, -0.1) is 0 Å². The summed E-state index contributed by atoms with van der Waals surface area (Å²) in [5.41, 5.74) is -0.192. The second-order valence-corrected chi connectivity index (χ2v) is 4.30. The van der Waals surface area contributed by atoms with Gasteiger partial charge in [0.15, 0.2) is 0 Å². The van der Waals surface area contributed by atoms with E-state index in [1.54, 1.807) is 0 Å². The van der Waals surface area contributed by atoms with E-state index in [2.05, 4.69) is 36.8 Å². The molecule has 0 radical (unpaired) electrons. The summed E-state index contributed by atoms with van der Waals surface area (Å²) < 4.78 is 25.3. The Balaban J connectivity index is 3.23. The smallest absolute Gasteiger partial charge is 0.307 e. The van der Waals surface area contributed by atoms with Crippen LogP contribution in [-0.2, 0) is 11.2 Å². The zero-order chi connectivity index (χ0) is 11.6. The Labute approximate surface area is 101 Å². The van der Waals surface area contributed by atoms with Crippen molar-refractivity contribution in [2.45, 2.75) is 12.8 Å². The lowest BCUT2D eigenvalue weighted by Gasteiger charge is -2.08. The maximum atomic E-state index is 12.4. The summed E-state index contributed by atoms with van der Waals surface area (Å²) in [6.45, 7) is 0. The Morgan fingerprint density at radius 2 is 2.13 bits per heavy atom. The van der Waals surface area contributed by atoms with Crippen molar-refractivity contribution in [3.63, 3.8) is 0 Å². The quantitative estimate of drug-likeness (QED) is 0.916. The third-order valence-corrected chi connectivity index (χ3v) is 3.20. The van der Waals surface area contributed by atoms with Gasteiger partial charge in [0.25, 0.3) is 6.43 Å². The number of pyridine rings is 1. The molecule has 1 aromatic heterocycles. The molecule has 1 aromatic rings. The normalized spacial score (nSPS) is 10.7. The van der Waals surface area contributed by atoms with Crippen LogP contribution in [0.1, 0.15) is 17.7 Å². The van der Waals surface area contributed by atoms with Gasteiger partial charge in [-0.05, 0) is 37.4 Å². The maximum Gasteiger partial charge on any atom is 0.307 e. The first-order valence-corrected chi connectivity index (χ1v) is 5.34. The van der Waals surface area contributed by atoms with Crippen molar-refractivity contribution in [3.05, 3.63) is 26.4 Å². The monoisotopic (exact) mass is 343 g/mol. The number of carboxylic acids is 1. The number of halogens is 4. The predicted molar refractivity (Wildman–Crippen MR) is 55.9 cm³/mol. The maximum absolute atomic E-state index is 12.4. The number of rotatable bonds is 3. The highest BCUT2D eigenvalue weighted by Crippen LogP contribution is 2.32. The SMILES string of the molecule is O=C(O)Cc1c(Br)cnc(C(F)F)c1Br. The minimum atomic E-state index is -2.74. The molecule has 0 bridgehead atoms. The second-order valence-electron chi connectivity index (χ2n) is 2.66. The van der Waals surface area contributed by atoms with Gasteiger partial charge < -0.3 is 5.11 Å². The molecule has 0 aliphatic heterocycles. The van der Waals surface area contributed by atoms with Crippen molar-refractivity contribution in [3.8, 4) is 0 Å². The third-order valence-electron chi connectivity index (χ3n) is 1.63. The molecule has 0 atom stereocenters. The minimum Gasteiger partial charge on any atom is -0.481 e. The molecule has 0 fully saturated rings. The molecule has 0 saturated heterocycles. The summed E-state index contributed by atoms with van der Waals surface area (Å²) in [7, 11) is 0. The fourth-order valence-electron chi connectivity index (χ4n) is 0.986. The van der Waals surface area contributed by atoms with E-state index in [1.165, 1.54) is 6.20 Å². The fraction of sp³-hybridized carbons (Fsp3) is 0.250. The van der Waals surface area contributed by atoms with E-state index in [0.717, 1.165) is 0 Å². The van der Waals surface area contributed by atoms with E-state index in [0.29, 0.717) is 4.47 Å². The average Bonchev–Trinajstić information content (AvgIpc) is 2.11. The summed E-state index contributed by atoms with van der Waals surface area (Å²) in [4.78, 5) is 14.0. The Kier molecular flexibility index (Phi) is 4.15. The highest BCUT2D eigenvalue weighted by atomic mass is 79.9. The third kappa shape index (κ3) is 2.94. The van der Waals surface area contributed by atoms with Crippen molar-refractivity contribution in [2.75, 3.05) is 0 Å². The number of carbonyl (C=O) groups is 1. The minimum absolute atomic E-state index is 0.0364. The lowest BCUT2D eigenvalue weighted by molar-refractivity contribution is -0.136. The highest BCUT2D eigenvalue weighted by Gasteiger charge is 2.19. The van der Waals surface area contributed by atoms with Gasteiger partial charge in [-0.2, -0.15) is 0 Å². The lowest BCUT2D eigenvalue weighted by atomic mass is 10.1. The number of aromatic nitrogens is 1. The van der Waals surface area contributed by atoms with Crippen molar-refractivity contribution < 1.29 is 18.7 Å². The van der Waals surface area contributed by atoms with E-state index in [-0.39, 0.29) is 16.5 Å². The molecular weight excluding hydrogens is 340 g/mol. The molecule has 0 amide bonds. The van der Waals surface area contributed by atoms with Gasteiger partial charge in [-0.1, -0.05) is 0 Å². The first kappa shape index (κ1) is 12.5. The Morgan fingerprint density at radius 3 is 2.60 bits per heavy atom. The largest absolute Gasteiger partial charge is 0.481 e. The van der Waals surface area contributed by atoms with Crippen LogP contribution >= 0.6 is 31.9 Å². The van der Waals surface area contributed by atoms with Crippen LogP contribution in [0.2, 0.25) is 0 Å². The van der Waals surface area contributed by atoms with E-state index in [1.807, 2.05) is 0 Å². The number of nitrogens with zero attached hydrogens (tertiary/aromatic N) is 1. The molecule has 0 spiro atoms. The van der Waals surface area contributed by atoms with Gasteiger partial charge in [-0.3, -0.25) is 9.78 Å². The second kappa shape index (κ2) is 4.98. The standard InChI is InChI=1S/C8H5Br2F2NO2/c9-4-2-13-7(8(11)12)6(10)3(4)1-5(14)15/h2,8H,1H2,(H,14,15). The zero-order valence-electron chi connectivity index (χ0n) is 7.18. The average molecular weight is 345 g/mol. The summed E-state index contributed by atoms with van der Waals surface area (Å²) in [6, 6.07) is 0.